The third-order valence-corrected chi connectivity index (χ3v) is 7.21. The molecule has 1 saturated heterocycles. The molecule has 0 unspecified atom stereocenters. The summed E-state index contributed by atoms with van der Waals surface area (Å²) in [5, 5.41) is 3.14. The second-order valence-electron chi connectivity index (χ2n) is 9.19. The molecule has 1 aliphatic rings. The van der Waals surface area contributed by atoms with Crippen LogP contribution in [0.5, 0.6) is 0 Å². The number of imidazole rings is 1. The first-order valence-corrected chi connectivity index (χ1v) is 12.6. The van der Waals surface area contributed by atoms with Crippen molar-refractivity contribution in [1.82, 2.24) is 14.5 Å². The summed E-state index contributed by atoms with van der Waals surface area (Å²) in [5.41, 5.74) is 6.46. The number of hydrogen-bond acceptors (Lipinski definition) is 3. The van der Waals surface area contributed by atoms with Crippen LogP contribution >= 0.6 is 15.9 Å². The zero-order valence-corrected chi connectivity index (χ0v) is 21.2. The molecule has 5 rings (SSSR count). The fourth-order valence-corrected chi connectivity index (χ4v) is 5.15. The lowest BCUT2D eigenvalue weighted by molar-refractivity contribution is -0.121. The molecule has 0 aliphatic carbocycles. The standard InChI is InChI=1S/C28H29BrN4O/c1-19-12-13-23(15-20(19)2)30-28(34)21-7-6-14-32(17-21)18-27-31-25-10-3-4-11-26(25)33(27)24-9-5-8-22(29)16-24/h3-5,8-13,15-16,21H,6-7,14,17-18H2,1-2H3,(H,30,34)/t21-/m0/s1. The number of aromatic nitrogens is 2. The van der Waals surface area contributed by atoms with Crippen molar-refractivity contribution >= 4 is 38.6 Å². The molecule has 1 aliphatic heterocycles. The van der Waals surface area contributed by atoms with Gasteiger partial charge in [0.2, 0.25) is 5.91 Å². The number of piperidine rings is 1. The highest BCUT2D eigenvalue weighted by Gasteiger charge is 2.27. The van der Waals surface area contributed by atoms with Gasteiger partial charge in [-0.05, 0) is 86.8 Å². The lowest BCUT2D eigenvalue weighted by Crippen LogP contribution is -2.40. The minimum Gasteiger partial charge on any atom is -0.326 e. The lowest BCUT2D eigenvalue weighted by atomic mass is 9.97. The van der Waals surface area contributed by atoms with Crippen molar-refractivity contribution in [3.05, 3.63) is 88.2 Å². The Kier molecular flexibility index (Phi) is 6.53. The van der Waals surface area contributed by atoms with E-state index in [1.54, 1.807) is 0 Å². The van der Waals surface area contributed by atoms with Crippen LogP contribution in [0.2, 0.25) is 0 Å². The first-order valence-electron chi connectivity index (χ1n) is 11.8. The van der Waals surface area contributed by atoms with Crippen LogP contribution in [-0.4, -0.2) is 33.4 Å². The number of anilines is 1. The summed E-state index contributed by atoms with van der Waals surface area (Å²) in [6, 6.07) is 22.7. The Morgan fingerprint density at radius 1 is 1.06 bits per heavy atom. The van der Waals surface area contributed by atoms with Crippen molar-refractivity contribution in [2.24, 2.45) is 5.92 Å². The number of aryl methyl sites for hydroxylation is 2. The van der Waals surface area contributed by atoms with E-state index >= 15 is 0 Å². The largest absolute Gasteiger partial charge is 0.326 e. The van der Waals surface area contributed by atoms with Gasteiger partial charge in [0.25, 0.3) is 0 Å². The SMILES string of the molecule is Cc1ccc(NC(=O)[C@H]2CCCN(Cc3nc4ccccc4n3-c3cccc(Br)c3)C2)cc1C. The number of carbonyl (C=O) groups is 1. The average molecular weight is 517 g/mol. The van der Waals surface area contributed by atoms with Crippen LogP contribution < -0.4 is 5.32 Å². The van der Waals surface area contributed by atoms with E-state index in [2.05, 4.69) is 81.0 Å². The number of rotatable bonds is 5. The molecular formula is C28H29BrN4O. The topological polar surface area (TPSA) is 50.2 Å². The van der Waals surface area contributed by atoms with Gasteiger partial charge in [-0.1, -0.05) is 40.2 Å². The molecule has 0 radical (unpaired) electrons. The molecule has 0 bridgehead atoms. The number of halogens is 1. The Labute approximate surface area is 208 Å². The Bertz CT molecular complexity index is 1350. The highest BCUT2D eigenvalue weighted by molar-refractivity contribution is 9.10. The number of fused-ring (bicyclic) bond motifs is 1. The summed E-state index contributed by atoms with van der Waals surface area (Å²) in [4.78, 5) is 20.4. The summed E-state index contributed by atoms with van der Waals surface area (Å²) in [5.74, 6) is 1.07. The zero-order valence-electron chi connectivity index (χ0n) is 19.6. The quantitative estimate of drug-likeness (QED) is 0.340. The van der Waals surface area contributed by atoms with Crippen LogP contribution in [0, 0.1) is 19.8 Å². The predicted octanol–water partition coefficient (Wildman–Crippen LogP) is 6.26. The number of nitrogens with one attached hydrogen (secondary N) is 1. The molecule has 4 aromatic rings. The van der Waals surface area contributed by atoms with Gasteiger partial charge in [0.15, 0.2) is 0 Å². The molecule has 1 fully saturated rings. The fourth-order valence-electron chi connectivity index (χ4n) is 4.76. The molecule has 5 nitrogen and oxygen atoms in total. The summed E-state index contributed by atoms with van der Waals surface area (Å²) in [6.45, 7) is 6.56. The molecule has 1 atom stereocenters. The van der Waals surface area contributed by atoms with E-state index in [0.717, 1.165) is 58.6 Å². The third-order valence-electron chi connectivity index (χ3n) is 6.71. The lowest BCUT2D eigenvalue weighted by Gasteiger charge is -2.31. The first-order chi connectivity index (χ1) is 16.5. The van der Waals surface area contributed by atoms with Crippen LogP contribution in [0.1, 0.15) is 29.8 Å². The van der Waals surface area contributed by atoms with Crippen molar-refractivity contribution < 1.29 is 4.79 Å². The number of nitrogens with zero attached hydrogens (tertiary/aromatic N) is 3. The molecule has 1 aromatic heterocycles. The highest BCUT2D eigenvalue weighted by atomic mass is 79.9. The molecule has 2 heterocycles. The van der Waals surface area contributed by atoms with Crippen LogP contribution in [0.3, 0.4) is 0 Å². The molecule has 34 heavy (non-hydrogen) atoms. The van der Waals surface area contributed by atoms with Gasteiger partial charge in [-0.2, -0.15) is 0 Å². The van der Waals surface area contributed by atoms with Gasteiger partial charge < -0.3 is 5.32 Å². The minimum absolute atomic E-state index is 0.0287. The van der Waals surface area contributed by atoms with Crippen molar-refractivity contribution in [2.75, 3.05) is 18.4 Å². The van der Waals surface area contributed by atoms with Crippen LogP contribution in [0.15, 0.2) is 71.2 Å². The molecule has 0 spiro atoms. The molecule has 6 heteroatoms. The fraction of sp³-hybridized carbons (Fsp3) is 0.286. The Balaban J connectivity index is 1.36. The second kappa shape index (κ2) is 9.72. The summed E-state index contributed by atoms with van der Waals surface area (Å²) >= 11 is 3.61. The third kappa shape index (κ3) is 4.79. The number of hydrogen-bond donors (Lipinski definition) is 1. The van der Waals surface area contributed by atoms with Gasteiger partial charge in [-0.15, -0.1) is 0 Å². The van der Waals surface area contributed by atoms with E-state index in [9.17, 15) is 4.79 Å². The smallest absolute Gasteiger partial charge is 0.228 e. The maximum absolute atomic E-state index is 13.1. The van der Waals surface area contributed by atoms with Crippen LogP contribution in [0.4, 0.5) is 5.69 Å². The first kappa shape index (κ1) is 22.8. The number of amides is 1. The zero-order chi connectivity index (χ0) is 23.7. The molecule has 1 N–H and O–H groups in total. The highest BCUT2D eigenvalue weighted by Crippen LogP contribution is 2.26. The monoisotopic (exact) mass is 516 g/mol. The van der Waals surface area contributed by atoms with E-state index in [4.69, 9.17) is 4.98 Å². The van der Waals surface area contributed by atoms with E-state index < -0.39 is 0 Å². The molecule has 1 amide bonds. The van der Waals surface area contributed by atoms with E-state index in [1.807, 2.05) is 30.3 Å². The van der Waals surface area contributed by atoms with Gasteiger partial charge in [-0.25, -0.2) is 4.98 Å². The Hall–Kier alpha value is -2.96. The van der Waals surface area contributed by atoms with Crippen molar-refractivity contribution in [3.63, 3.8) is 0 Å². The minimum atomic E-state index is -0.0287. The van der Waals surface area contributed by atoms with Gasteiger partial charge in [-0.3, -0.25) is 14.3 Å². The van der Waals surface area contributed by atoms with Crippen LogP contribution in [0.25, 0.3) is 16.7 Å². The van der Waals surface area contributed by atoms with Gasteiger partial charge in [0, 0.05) is 22.4 Å². The molecule has 174 valence electrons. The average Bonchev–Trinajstić information content (AvgIpc) is 3.19. The Morgan fingerprint density at radius 2 is 1.91 bits per heavy atom. The Morgan fingerprint density at radius 3 is 2.74 bits per heavy atom. The summed E-state index contributed by atoms with van der Waals surface area (Å²) in [7, 11) is 0. The molecule has 0 saturated carbocycles. The van der Waals surface area contributed by atoms with Crippen LogP contribution in [-0.2, 0) is 11.3 Å². The van der Waals surface area contributed by atoms with Crippen molar-refractivity contribution in [3.8, 4) is 5.69 Å². The maximum atomic E-state index is 13.1. The normalized spacial score (nSPS) is 16.6. The van der Waals surface area contributed by atoms with Gasteiger partial charge in [0.1, 0.15) is 5.82 Å². The van der Waals surface area contributed by atoms with Gasteiger partial charge >= 0.3 is 0 Å². The number of likely N-dealkylation sites (tertiary alicyclic amines) is 1. The van der Waals surface area contributed by atoms with E-state index in [1.165, 1.54) is 11.1 Å². The van der Waals surface area contributed by atoms with Crippen molar-refractivity contribution in [2.45, 2.75) is 33.2 Å². The van der Waals surface area contributed by atoms with E-state index in [0.29, 0.717) is 6.54 Å². The maximum Gasteiger partial charge on any atom is 0.228 e. The van der Waals surface area contributed by atoms with Gasteiger partial charge in [0.05, 0.1) is 23.5 Å². The number of benzene rings is 3. The molecular weight excluding hydrogens is 488 g/mol. The molecule has 3 aromatic carbocycles. The summed E-state index contributed by atoms with van der Waals surface area (Å²) < 4.78 is 3.27. The van der Waals surface area contributed by atoms with E-state index in [-0.39, 0.29) is 11.8 Å². The second-order valence-corrected chi connectivity index (χ2v) is 10.1. The van der Waals surface area contributed by atoms with Crippen molar-refractivity contribution in [1.29, 1.82) is 0 Å². The summed E-state index contributed by atoms with van der Waals surface area (Å²) in [6.07, 6.45) is 1.91. The predicted molar refractivity (Wildman–Crippen MR) is 141 cm³/mol. The number of carbonyl (C=O) groups excluding carboxylic acids is 1. The number of para-hydroxylation sites is 2.